The number of hydrogen-bond donors (Lipinski definition) is 1. The minimum absolute atomic E-state index is 0.105. The molecule has 0 atom stereocenters. The molecule has 0 bridgehead atoms. The second kappa shape index (κ2) is 4.60. The smallest absolute Gasteiger partial charge is 0.142 e. The molecule has 0 saturated carbocycles. The number of phenolic OH excluding ortho intramolecular Hbond substituents is 1. The molecule has 0 saturated heterocycles. The zero-order valence-electron chi connectivity index (χ0n) is 12.0. The number of para-hydroxylation sites is 2. The average molecular weight is 291 g/mol. The van der Waals surface area contributed by atoms with Crippen molar-refractivity contribution in [3.8, 4) is 11.4 Å². The zero-order chi connectivity index (χ0) is 15.3. The van der Waals surface area contributed by atoms with E-state index in [2.05, 4.69) is 0 Å². The SMILES string of the molecule is Cc1cc(F)cc(-n2c3ccccc3c3ccccc32)c1O. The van der Waals surface area contributed by atoms with E-state index in [1.54, 1.807) is 6.92 Å². The van der Waals surface area contributed by atoms with Gasteiger partial charge in [0, 0.05) is 16.8 Å². The summed E-state index contributed by atoms with van der Waals surface area (Å²) in [6.45, 7) is 1.70. The molecule has 22 heavy (non-hydrogen) atoms. The Morgan fingerprint density at radius 1 is 0.864 bits per heavy atom. The Bertz CT molecular complexity index is 963. The van der Waals surface area contributed by atoms with Gasteiger partial charge in [0.2, 0.25) is 0 Å². The van der Waals surface area contributed by atoms with Crippen molar-refractivity contribution in [3.63, 3.8) is 0 Å². The molecule has 0 aliphatic heterocycles. The molecule has 4 aromatic rings. The second-order valence-corrected chi connectivity index (χ2v) is 5.46. The van der Waals surface area contributed by atoms with E-state index in [9.17, 15) is 9.50 Å². The van der Waals surface area contributed by atoms with Gasteiger partial charge in [-0.3, -0.25) is 0 Å². The maximum atomic E-state index is 13.9. The van der Waals surface area contributed by atoms with Gasteiger partial charge in [0.05, 0.1) is 16.7 Å². The molecule has 1 heterocycles. The maximum absolute atomic E-state index is 13.9. The standard InChI is InChI=1S/C19H14FNO/c1-12-10-13(20)11-18(19(12)22)21-16-8-4-2-6-14(16)15-7-3-5-9-17(15)21/h2-11,22H,1H3. The topological polar surface area (TPSA) is 25.2 Å². The summed E-state index contributed by atoms with van der Waals surface area (Å²) in [5.74, 6) is -0.250. The van der Waals surface area contributed by atoms with E-state index in [4.69, 9.17) is 0 Å². The lowest BCUT2D eigenvalue weighted by molar-refractivity contribution is 0.466. The van der Waals surface area contributed by atoms with E-state index < -0.39 is 0 Å². The fourth-order valence-corrected chi connectivity index (χ4v) is 3.07. The van der Waals surface area contributed by atoms with Crippen molar-refractivity contribution in [2.75, 3.05) is 0 Å². The first-order chi connectivity index (χ1) is 10.7. The number of rotatable bonds is 1. The largest absolute Gasteiger partial charge is 0.505 e. The van der Waals surface area contributed by atoms with Crippen LogP contribution in [0.1, 0.15) is 5.56 Å². The molecule has 1 N–H and O–H groups in total. The van der Waals surface area contributed by atoms with Crippen molar-refractivity contribution in [3.05, 3.63) is 72.0 Å². The van der Waals surface area contributed by atoms with Gasteiger partial charge in [0.25, 0.3) is 0 Å². The molecule has 0 fully saturated rings. The summed E-state index contributed by atoms with van der Waals surface area (Å²) in [4.78, 5) is 0. The number of aryl methyl sites for hydroxylation is 1. The van der Waals surface area contributed by atoms with Crippen molar-refractivity contribution in [1.29, 1.82) is 0 Å². The number of phenols is 1. The first kappa shape index (κ1) is 12.9. The van der Waals surface area contributed by atoms with Gasteiger partial charge in [-0.25, -0.2) is 4.39 Å². The molecule has 0 aliphatic carbocycles. The Hall–Kier alpha value is -2.81. The predicted molar refractivity (Wildman–Crippen MR) is 87.1 cm³/mol. The fraction of sp³-hybridized carbons (Fsp3) is 0.0526. The molecule has 0 aliphatic rings. The molecule has 3 heteroatoms. The Kier molecular flexibility index (Phi) is 2.70. The molecule has 0 spiro atoms. The molecular formula is C19H14FNO. The summed E-state index contributed by atoms with van der Waals surface area (Å²) < 4.78 is 15.8. The number of benzene rings is 3. The monoisotopic (exact) mass is 291 g/mol. The maximum Gasteiger partial charge on any atom is 0.142 e. The Morgan fingerprint density at radius 3 is 2.00 bits per heavy atom. The Labute approximate surface area is 127 Å². The van der Waals surface area contributed by atoms with Crippen LogP contribution in [-0.4, -0.2) is 9.67 Å². The zero-order valence-corrected chi connectivity index (χ0v) is 12.0. The van der Waals surface area contributed by atoms with Crippen LogP contribution in [0, 0.1) is 12.7 Å². The van der Waals surface area contributed by atoms with Crippen molar-refractivity contribution in [1.82, 2.24) is 4.57 Å². The van der Waals surface area contributed by atoms with Crippen LogP contribution in [0.4, 0.5) is 4.39 Å². The quantitative estimate of drug-likeness (QED) is 0.528. The number of fused-ring (bicyclic) bond motifs is 3. The highest BCUT2D eigenvalue weighted by Gasteiger charge is 2.15. The van der Waals surface area contributed by atoms with Crippen LogP contribution in [-0.2, 0) is 0 Å². The molecule has 1 aromatic heterocycles. The molecule has 0 unspecified atom stereocenters. The van der Waals surface area contributed by atoms with Gasteiger partial charge in [-0.15, -0.1) is 0 Å². The van der Waals surface area contributed by atoms with E-state index >= 15 is 0 Å². The molecule has 0 amide bonds. The van der Waals surface area contributed by atoms with Crippen molar-refractivity contribution in [2.45, 2.75) is 6.92 Å². The van der Waals surface area contributed by atoms with Gasteiger partial charge in [0.1, 0.15) is 11.6 Å². The average Bonchev–Trinajstić information content (AvgIpc) is 2.85. The normalized spacial score (nSPS) is 11.4. The van der Waals surface area contributed by atoms with Crippen LogP contribution in [0.3, 0.4) is 0 Å². The lowest BCUT2D eigenvalue weighted by Gasteiger charge is -2.12. The van der Waals surface area contributed by atoms with E-state index in [0.717, 1.165) is 21.8 Å². The molecule has 3 aromatic carbocycles. The summed E-state index contributed by atoms with van der Waals surface area (Å²) >= 11 is 0. The lowest BCUT2D eigenvalue weighted by atomic mass is 10.1. The van der Waals surface area contributed by atoms with E-state index in [0.29, 0.717) is 11.3 Å². The highest BCUT2D eigenvalue weighted by atomic mass is 19.1. The summed E-state index contributed by atoms with van der Waals surface area (Å²) in [5, 5.41) is 12.6. The van der Waals surface area contributed by atoms with E-state index in [-0.39, 0.29) is 11.6 Å². The highest BCUT2D eigenvalue weighted by Crippen LogP contribution is 2.36. The van der Waals surface area contributed by atoms with Crippen LogP contribution < -0.4 is 0 Å². The highest BCUT2D eigenvalue weighted by molar-refractivity contribution is 6.09. The van der Waals surface area contributed by atoms with Crippen LogP contribution in [0.25, 0.3) is 27.5 Å². The Balaban J connectivity index is 2.23. The number of aromatic nitrogens is 1. The van der Waals surface area contributed by atoms with E-state index in [1.165, 1.54) is 12.1 Å². The first-order valence-electron chi connectivity index (χ1n) is 7.14. The minimum Gasteiger partial charge on any atom is -0.505 e. The minimum atomic E-state index is -0.354. The number of halogens is 1. The van der Waals surface area contributed by atoms with Crippen LogP contribution in [0.5, 0.6) is 5.75 Å². The lowest BCUT2D eigenvalue weighted by Crippen LogP contribution is -1.97. The second-order valence-electron chi connectivity index (χ2n) is 5.46. The predicted octanol–water partition coefficient (Wildman–Crippen LogP) is 4.94. The van der Waals surface area contributed by atoms with Crippen LogP contribution in [0.15, 0.2) is 60.7 Å². The van der Waals surface area contributed by atoms with Gasteiger partial charge in [-0.2, -0.15) is 0 Å². The Morgan fingerprint density at radius 2 is 1.41 bits per heavy atom. The molecular weight excluding hydrogens is 277 g/mol. The number of hydrogen-bond acceptors (Lipinski definition) is 1. The van der Waals surface area contributed by atoms with Crippen LogP contribution in [0.2, 0.25) is 0 Å². The fourth-order valence-electron chi connectivity index (χ4n) is 3.07. The van der Waals surface area contributed by atoms with Crippen molar-refractivity contribution < 1.29 is 9.50 Å². The third kappa shape index (κ3) is 1.72. The number of aromatic hydroxyl groups is 1. The van der Waals surface area contributed by atoms with E-state index in [1.807, 2.05) is 53.1 Å². The summed E-state index contributed by atoms with van der Waals surface area (Å²) in [7, 11) is 0. The molecule has 2 nitrogen and oxygen atoms in total. The summed E-state index contributed by atoms with van der Waals surface area (Å²) in [6.07, 6.45) is 0. The molecule has 0 radical (unpaired) electrons. The summed E-state index contributed by atoms with van der Waals surface area (Å²) in [6, 6.07) is 18.6. The third-order valence-corrected chi connectivity index (χ3v) is 4.07. The first-order valence-corrected chi connectivity index (χ1v) is 7.14. The van der Waals surface area contributed by atoms with Crippen molar-refractivity contribution in [2.24, 2.45) is 0 Å². The number of nitrogens with zero attached hydrogens (tertiary/aromatic N) is 1. The van der Waals surface area contributed by atoms with Crippen molar-refractivity contribution >= 4 is 21.8 Å². The third-order valence-electron chi connectivity index (χ3n) is 4.07. The van der Waals surface area contributed by atoms with Gasteiger partial charge in [0.15, 0.2) is 0 Å². The van der Waals surface area contributed by atoms with Gasteiger partial charge in [-0.1, -0.05) is 36.4 Å². The van der Waals surface area contributed by atoms with Gasteiger partial charge in [-0.05, 0) is 30.7 Å². The molecule has 4 rings (SSSR count). The van der Waals surface area contributed by atoms with Crippen LogP contribution >= 0.6 is 0 Å². The van der Waals surface area contributed by atoms with Gasteiger partial charge >= 0.3 is 0 Å². The molecule has 108 valence electrons. The summed E-state index contributed by atoms with van der Waals surface area (Å²) in [5.41, 5.74) is 2.89. The van der Waals surface area contributed by atoms with Gasteiger partial charge < -0.3 is 9.67 Å².